The van der Waals surface area contributed by atoms with Crippen molar-refractivity contribution in [3.63, 3.8) is 0 Å². The zero-order valence-electron chi connectivity index (χ0n) is 17.0. The molecular weight excluding hydrogens is 381 g/mol. The van der Waals surface area contributed by atoms with Gasteiger partial charge in [-0.1, -0.05) is 62.3 Å². The Kier molecular flexibility index (Phi) is 5.95. The van der Waals surface area contributed by atoms with Crippen molar-refractivity contribution >= 4 is 0 Å². The van der Waals surface area contributed by atoms with Crippen molar-refractivity contribution in [3.8, 4) is 23.0 Å². The van der Waals surface area contributed by atoms with E-state index in [0.29, 0.717) is 0 Å². The molecular formula is C27H23F3. The molecule has 3 aromatic carbocycles. The molecule has 30 heavy (non-hydrogen) atoms. The summed E-state index contributed by atoms with van der Waals surface area (Å²) >= 11 is 0. The van der Waals surface area contributed by atoms with E-state index in [1.54, 1.807) is 0 Å². The van der Waals surface area contributed by atoms with Gasteiger partial charge in [0, 0.05) is 11.1 Å². The zero-order chi connectivity index (χ0) is 21.1. The van der Waals surface area contributed by atoms with Crippen molar-refractivity contribution in [2.24, 2.45) is 0 Å². The van der Waals surface area contributed by atoms with Crippen molar-refractivity contribution in [1.82, 2.24) is 0 Å². The summed E-state index contributed by atoms with van der Waals surface area (Å²) in [6, 6.07) is 14.6. The van der Waals surface area contributed by atoms with Gasteiger partial charge >= 0.3 is 0 Å². The van der Waals surface area contributed by atoms with E-state index in [0.717, 1.165) is 30.5 Å². The first-order valence-corrected chi connectivity index (χ1v) is 10.5. The second-order valence-electron chi connectivity index (χ2n) is 7.85. The molecule has 0 atom stereocenters. The molecule has 152 valence electrons. The molecule has 3 heteroatoms. The molecule has 0 amide bonds. The summed E-state index contributed by atoms with van der Waals surface area (Å²) in [5.74, 6) is 1.74. The van der Waals surface area contributed by atoms with Crippen LogP contribution in [0.2, 0.25) is 0 Å². The third kappa shape index (κ3) is 4.28. The minimum Gasteiger partial charge on any atom is -0.204 e. The van der Waals surface area contributed by atoms with Crippen LogP contribution in [0.1, 0.15) is 60.4 Å². The van der Waals surface area contributed by atoms with Crippen LogP contribution < -0.4 is 0 Å². The van der Waals surface area contributed by atoms with Crippen LogP contribution in [0.5, 0.6) is 0 Å². The van der Waals surface area contributed by atoms with E-state index in [2.05, 4.69) is 43.0 Å². The maximum atomic E-state index is 13.4. The fourth-order valence-electron chi connectivity index (χ4n) is 4.03. The van der Waals surface area contributed by atoms with Crippen LogP contribution in [-0.4, -0.2) is 0 Å². The first-order chi connectivity index (χ1) is 14.5. The lowest BCUT2D eigenvalue weighted by Crippen LogP contribution is -1.91. The lowest BCUT2D eigenvalue weighted by atomic mass is 10.00. The average molecular weight is 404 g/mol. The molecule has 0 heterocycles. The van der Waals surface area contributed by atoms with E-state index >= 15 is 0 Å². The van der Waals surface area contributed by atoms with Crippen molar-refractivity contribution in [2.45, 2.75) is 45.4 Å². The Morgan fingerprint density at radius 1 is 0.733 bits per heavy atom. The van der Waals surface area contributed by atoms with Crippen LogP contribution in [0, 0.1) is 29.3 Å². The molecule has 4 rings (SSSR count). The number of hydrogen-bond donors (Lipinski definition) is 0. The third-order valence-electron chi connectivity index (χ3n) is 5.60. The molecule has 1 aliphatic carbocycles. The predicted octanol–water partition coefficient (Wildman–Crippen LogP) is 7.20. The van der Waals surface area contributed by atoms with Crippen LogP contribution in [0.3, 0.4) is 0 Å². The molecule has 0 fully saturated rings. The van der Waals surface area contributed by atoms with Crippen molar-refractivity contribution in [1.29, 1.82) is 0 Å². The molecule has 0 aromatic heterocycles. The average Bonchev–Trinajstić information content (AvgIpc) is 3.10. The molecule has 0 spiro atoms. The Morgan fingerprint density at radius 2 is 1.40 bits per heavy atom. The fraction of sp³-hybridized carbons (Fsp3) is 0.259. The topological polar surface area (TPSA) is 0 Å². The highest BCUT2D eigenvalue weighted by Gasteiger charge is 2.18. The van der Waals surface area contributed by atoms with Crippen molar-refractivity contribution in [3.05, 3.63) is 93.8 Å². The first-order valence-electron chi connectivity index (χ1n) is 10.5. The zero-order valence-corrected chi connectivity index (χ0v) is 17.0. The molecule has 0 unspecified atom stereocenters. The van der Waals surface area contributed by atoms with Gasteiger partial charge in [-0.25, -0.2) is 13.2 Å². The van der Waals surface area contributed by atoms with Gasteiger partial charge in [0.2, 0.25) is 0 Å². The monoisotopic (exact) mass is 404 g/mol. The highest BCUT2D eigenvalue weighted by molar-refractivity contribution is 5.77. The largest absolute Gasteiger partial charge is 0.204 e. The van der Waals surface area contributed by atoms with Crippen LogP contribution in [-0.2, 0) is 12.8 Å². The van der Waals surface area contributed by atoms with Crippen molar-refractivity contribution < 1.29 is 13.2 Å². The Morgan fingerprint density at radius 3 is 2.13 bits per heavy atom. The van der Waals surface area contributed by atoms with Gasteiger partial charge in [-0.3, -0.25) is 0 Å². The quantitative estimate of drug-likeness (QED) is 0.187. The van der Waals surface area contributed by atoms with Gasteiger partial charge in [0.25, 0.3) is 0 Å². The Bertz CT molecular complexity index is 1130. The number of benzene rings is 3. The van der Waals surface area contributed by atoms with E-state index in [1.165, 1.54) is 53.5 Å². The molecule has 0 N–H and O–H groups in total. The van der Waals surface area contributed by atoms with Gasteiger partial charge in [0.15, 0.2) is 17.5 Å². The van der Waals surface area contributed by atoms with Gasteiger partial charge in [0.05, 0.1) is 0 Å². The van der Waals surface area contributed by atoms with Gasteiger partial charge in [-0.05, 0) is 71.3 Å². The van der Waals surface area contributed by atoms with E-state index in [1.807, 2.05) is 12.1 Å². The van der Waals surface area contributed by atoms with Gasteiger partial charge in [0.1, 0.15) is 0 Å². The fourth-order valence-corrected chi connectivity index (χ4v) is 4.03. The number of hydrogen-bond acceptors (Lipinski definition) is 0. The molecule has 0 bridgehead atoms. The Labute approximate surface area is 175 Å². The molecule has 0 aliphatic heterocycles. The maximum Gasteiger partial charge on any atom is 0.194 e. The Hall–Kier alpha value is -2.99. The molecule has 0 saturated heterocycles. The minimum atomic E-state index is -1.47. The SMILES string of the molecule is CCCCCCc1ccc2c(c1)Cc1cc(C#Cc3cc(F)c(F)c(F)c3)ccc1-2. The number of aryl methyl sites for hydroxylation is 1. The minimum absolute atomic E-state index is 0.114. The van der Waals surface area contributed by atoms with Gasteiger partial charge in [-0.2, -0.15) is 0 Å². The summed E-state index contributed by atoms with van der Waals surface area (Å²) in [5, 5.41) is 0. The van der Waals surface area contributed by atoms with E-state index < -0.39 is 17.5 Å². The lowest BCUT2D eigenvalue weighted by Gasteiger charge is -2.05. The lowest BCUT2D eigenvalue weighted by molar-refractivity contribution is 0.446. The van der Waals surface area contributed by atoms with Crippen LogP contribution in [0.25, 0.3) is 11.1 Å². The Balaban J connectivity index is 1.52. The molecule has 0 saturated carbocycles. The van der Waals surface area contributed by atoms with Crippen LogP contribution in [0.4, 0.5) is 13.2 Å². The normalized spacial score (nSPS) is 11.6. The number of fused-ring (bicyclic) bond motifs is 3. The molecule has 1 aliphatic rings. The molecule has 0 radical (unpaired) electrons. The summed E-state index contributed by atoms with van der Waals surface area (Å²) in [7, 11) is 0. The molecule has 0 nitrogen and oxygen atoms in total. The summed E-state index contributed by atoms with van der Waals surface area (Å²) in [5.41, 5.74) is 7.30. The van der Waals surface area contributed by atoms with Crippen LogP contribution >= 0.6 is 0 Å². The standard InChI is InChI=1S/C27H23F3/c1-2-3-4-5-6-18-9-11-23-21(13-18)17-22-14-19(10-12-24(22)23)7-8-20-15-25(28)27(30)26(29)16-20/h9-16H,2-6,17H2,1H3. The van der Waals surface area contributed by atoms with E-state index in [-0.39, 0.29) is 5.56 Å². The number of unbranched alkanes of at least 4 members (excludes halogenated alkanes) is 3. The highest BCUT2D eigenvalue weighted by atomic mass is 19.2. The van der Waals surface area contributed by atoms with E-state index in [9.17, 15) is 13.2 Å². The summed E-state index contributed by atoms with van der Waals surface area (Å²) in [4.78, 5) is 0. The summed E-state index contributed by atoms with van der Waals surface area (Å²) in [6.07, 6.45) is 7.02. The summed E-state index contributed by atoms with van der Waals surface area (Å²) in [6.45, 7) is 2.22. The highest BCUT2D eigenvalue weighted by Crippen LogP contribution is 2.37. The maximum absolute atomic E-state index is 13.4. The van der Waals surface area contributed by atoms with Crippen molar-refractivity contribution in [2.75, 3.05) is 0 Å². The third-order valence-corrected chi connectivity index (χ3v) is 5.60. The van der Waals surface area contributed by atoms with E-state index in [4.69, 9.17) is 0 Å². The van der Waals surface area contributed by atoms with Gasteiger partial charge in [-0.15, -0.1) is 0 Å². The van der Waals surface area contributed by atoms with Gasteiger partial charge < -0.3 is 0 Å². The van der Waals surface area contributed by atoms with Crippen LogP contribution in [0.15, 0.2) is 48.5 Å². The molecule has 3 aromatic rings. The smallest absolute Gasteiger partial charge is 0.194 e. The summed E-state index contributed by atoms with van der Waals surface area (Å²) < 4.78 is 39.8. The number of halogens is 3. The number of rotatable bonds is 5. The second kappa shape index (κ2) is 8.79. The first kappa shape index (κ1) is 20.3. The second-order valence-corrected chi connectivity index (χ2v) is 7.85. The predicted molar refractivity (Wildman–Crippen MR) is 115 cm³/mol.